The lowest BCUT2D eigenvalue weighted by molar-refractivity contribution is -0.142. The Morgan fingerprint density at radius 3 is 2.79 bits per heavy atom. The molecule has 2 N–H and O–H groups in total. The van der Waals surface area contributed by atoms with Crippen LogP contribution in [0, 0.1) is 0 Å². The molecule has 1 amide bonds. The van der Waals surface area contributed by atoms with Crippen molar-refractivity contribution in [2.24, 2.45) is 0 Å². The van der Waals surface area contributed by atoms with Crippen LogP contribution in [-0.4, -0.2) is 47.2 Å². The van der Waals surface area contributed by atoms with Crippen LogP contribution in [0.5, 0.6) is 0 Å². The maximum atomic E-state index is 11.9. The van der Waals surface area contributed by atoms with Crippen molar-refractivity contribution in [3.63, 3.8) is 0 Å². The molecule has 2 heterocycles. The number of amides is 1. The van der Waals surface area contributed by atoms with E-state index in [1.54, 1.807) is 0 Å². The molecule has 2 fully saturated rings. The number of carbonyl (C=O) groups excluding carboxylic acids is 1. The van der Waals surface area contributed by atoms with Gasteiger partial charge in [-0.1, -0.05) is 0 Å². The molecule has 0 aromatic carbocycles. The SMILES string of the molecule is CC1C(O)CCCN1C(=O)C1CCN1. The molecule has 0 bridgehead atoms. The van der Waals surface area contributed by atoms with Crippen LogP contribution in [0.1, 0.15) is 26.2 Å². The summed E-state index contributed by atoms with van der Waals surface area (Å²) >= 11 is 0. The molecule has 2 aliphatic rings. The van der Waals surface area contributed by atoms with Gasteiger partial charge in [0.2, 0.25) is 5.91 Å². The zero-order chi connectivity index (χ0) is 10.1. The van der Waals surface area contributed by atoms with Crippen LogP contribution in [0.2, 0.25) is 0 Å². The predicted molar refractivity (Wildman–Crippen MR) is 52.8 cm³/mol. The molecule has 2 aliphatic heterocycles. The summed E-state index contributed by atoms with van der Waals surface area (Å²) in [6.45, 7) is 3.68. The number of likely N-dealkylation sites (tertiary alicyclic amines) is 1. The maximum Gasteiger partial charge on any atom is 0.240 e. The fraction of sp³-hybridized carbons (Fsp3) is 0.900. The van der Waals surface area contributed by atoms with Crippen LogP contribution in [0.25, 0.3) is 0 Å². The molecular weight excluding hydrogens is 180 g/mol. The molecule has 2 rings (SSSR count). The van der Waals surface area contributed by atoms with E-state index >= 15 is 0 Å². The Kier molecular flexibility index (Phi) is 2.74. The first-order chi connectivity index (χ1) is 6.70. The van der Waals surface area contributed by atoms with Crippen molar-refractivity contribution in [2.75, 3.05) is 13.1 Å². The van der Waals surface area contributed by atoms with Gasteiger partial charge in [0, 0.05) is 6.54 Å². The summed E-state index contributed by atoms with van der Waals surface area (Å²) < 4.78 is 0. The minimum absolute atomic E-state index is 0.0151. The van der Waals surface area contributed by atoms with Gasteiger partial charge in [0.05, 0.1) is 18.2 Å². The van der Waals surface area contributed by atoms with E-state index in [-0.39, 0.29) is 24.1 Å². The molecule has 0 aliphatic carbocycles. The average molecular weight is 198 g/mol. The first-order valence-corrected chi connectivity index (χ1v) is 5.42. The summed E-state index contributed by atoms with van der Waals surface area (Å²) in [5.41, 5.74) is 0. The highest BCUT2D eigenvalue weighted by Gasteiger charge is 2.35. The molecule has 0 saturated carbocycles. The number of hydrogen-bond acceptors (Lipinski definition) is 3. The molecule has 0 aromatic rings. The van der Waals surface area contributed by atoms with E-state index in [9.17, 15) is 9.90 Å². The predicted octanol–water partition coefficient (Wildman–Crippen LogP) is -0.280. The van der Waals surface area contributed by atoms with Gasteiger partial charge >= 0.3 is 0 Å². The van der Waals surface area contributed by atoms with Crippen molar-refractivity contribution in [3.8, 4) is 0 Å². The topological polar surface area (TPSA) is 52.6 Å². The molecular formula is C10H18N2O2. The fourth-order valence-electron chi connectivity index (χ4n) is 2.13. The number of nitrogens with one attached hydrogen (secondary N) is 1. The third kappa shape index (κ3) is 1.64. The summed E-state index contributed by atoms with van der Waals surface area (Å²) in [7, 11) is 0. The number of carbonyl (C=O) groups is 1. The van der Waals surface area contributed by atoms with E-state index in [1.807, 2.05) is 11.8 Å². The van der Waals surface area contributed by atoms with E-state index in [0.717, 1.165) is 32.4 Å². The molecule has 14 heavy (non-hydrogen) atoms. The lowest BCUT2D eigenvalue weighted by Crippen LogP contribution is -2.59. The molecule has 3 unspecified atom stereocenters. The Bertz CT molecular complexity index is 228. The van der Waals surface area contributed by atoms with Crippen molar-refractivity contribution < 1.29 is 9.90 Å². The van der Waals surface area contributed by atoms with Gasteiger partial charge in [-0.05, 0) is 32.7 Å². The van der Waals surface area contributed by atoms with Crippen molar-refractivity contribution in [2.45, 2.75) is 44.4 Å². The minimum atomic E-state index is -0.340. The quantitative estimate of drug-likeness (QED) is 0.609. The summed E-state index contributed by atoms with van der Waals surface area (Å²) in [5.74, 6) is 0.169. The van der Waals surface area contributed by atoms with Crippen LogP contribution < -0.4 is 5.32 Å². The molecule has 2 saturated heterocycles. The summed E-state index contributed by atoms with van der Waals surface area (Å²) in [5, 5.41) is 12.8. The lowest BCUT2D eigenvalue weighted by atomic mass is 9.97. The van der Waals surface area contributed by atoms with Crippen molar-refractivity contribution in [1.82, 2.24) is 10.2 Å². The Hall–Kier alpha value is -0.610. The van der Waals surface area contributed by atoms with E-state index in [4.69, 9.17) is 0 Å². The summed E-state index contributed by atoms with van der Waals surface area (Å²) in [4.78, 5) is 13.7. The van der Waals surface area contributed by atoms with Gasteiger partial charge in [0.15, 0.2) is 0 Å². The highest BCUT2D eigenvalue weighted by atomic mass is 16.3. The van der Waals surface area contributed by atoms with Gasteiger partial charge in [0.25, 0.3) is 0 Å². The van der Waals surface area contributed by atoms with Crippen LogP contribution in [0.15, 0.2) is 0 Å². The first kappa shape index (κ1) is 9.93. The fourth-order valence-corrected chi connectivity index (χ4v) is 2.13. The monoisotopic (exact) mass is 198 g/mol. The van der Waals surface area contributed by atoms with Crippen LogP contribution >= 0.6 is 0 Å². The highest BCUT2D eigenvalue weighted by molar-refractivity contribution is 5.83. The maximum absolute atomic E-state index is 11.9. The van der Waals surface area contributed by atoms with Gasteiger partial charge in [-0.2, -0.15) is 0 Å². The molecule has 0 spiro atoms. The van der Waals surface area contributed by atoms with Crippen molar-refractivity contribution >= 4 is 5.91 Å². The average Bonchev–Trinajstić information content (AvgIpc) is 2.06. The Morgan fingerprint density at radius 2 is 2.21 bits per heavy atom. The number of rotatable bonds is 1. The second-order valence-electron chi connectivity index (χ2n) is 4.28. The second kappa shape index (κ2) is 3.87. The third-order valence-electron chi connectivity index (χ3n) is 3.35. The zero-order valence-corrected chi connectivity index (χ0v) is 8.57. The number of nitrogens with zero attached hydrogens (tertiary/aromatic N) is 1. The molecule has 3 atom stereocenters. The van der Waals surface area contributed by atoms with Crippen LogP contribution in [0.3, 0.4) is 0 Å². The van der Waals surface area contributed by atoms with Gasteiger partial charge < -0.3 is 15.3 Å². The van der Waals surface area contributed by atoms with E-state index in [1.165, 1.54) is 0 Å². The number of aliphatic hydroxyl groups is 1. The minimum Gasteiger partial charge on any atom is -0.391 e. The first-order valence-electron chi connectivity index (χ1n) is 5.42. The zero-order valence-electron chi connectivity index (χ0n) is 8.57. The van der Waals surface area contributed by atoms with Crippen LogP contribution in [0.4, 0.5) is 0 Å². The van der Waals surface area contributed by atoms with Crippen molar-refractivity contribution in [3.05, 3.63) is 0 Å². The van der Waals surface area contributed by atoms with Crippen LogP contribution in [-0.2, 0) is 4.79 Å². The number of hydrogen-bond donors (Lipinski definition) is 2. The van der Waals surface area contributed by atoms with Crippen molar-refractivity contribution in [1.29, 1.82) is 0 Å². The smallest absolute Gasteiger partial charge is 0.240 e. The molecule has 0 radical (unpaired) electrons. The van der Waals surface area contributed by atoms with Gasteiger partial charge in [-0.3, -0.25) is 4.79 Å². The van der Waals surface area contributed by atoms with Gasteiger partial charge in [0.1, 0.15) is 0 Å². The molecule has 4 nitrogen and oxygen atoms in total. The van der Waals surface area contributed by atoms with E-state index in [0.29, 0.717) is 0 Å². The standard InChI is InChI=1S/C10H18N2O2/c1-7-9(13)3-2-6-12(7)10(14)8-4-5-11-8/h7-9,11,13H,2-6H2,1H3. The third-order valence-corrected chi connectivity index (χ3v) is 3.35. The lowest BCUT2D eigenvalue weighted by Gasteiger charge is -2.40. The second-order valence-corrected chi connectivity index (χ2v) is 4.28. The number of aliphatic hydroxyl groups excluding tert-OH is 1. The molecule has 80 valence electrons. The molecule has 0 aromatic heterocycles. The van der Waals surface area contributed by atoms with Gasteiger partial charge in [-0.25, -0.2) is 0 Å². The molecule has 4 heteroatoms. The summed E-state index contributed by atoms with van der Waals surface area (Å²) in [6, 6.07) is 0.00130. The Balaban J connectivity index is 1.97. The largest absolute Gasteiger partial charge is 0.391 e. The van der Waals surface area contributed by atoms with E-state index < -0.39 is 0 Å². The van der Waals surface area contributed by atoms with Gasteiger partial charge in [-0.15, -0.1) is 0 Å². The summed E-state index contributed by atoms with van der Waals surface area (Å²) in [6.07, 6.45) is 2.35. The number of piperidine rings is 1. The Labute approximate surface area is 84.3 Å². The Morgan fingerprint density at radius 1 is 1.50 bits per heavy atom. The highest BCUT2D eigenvalue weighted by Crippen LogP contribution is 2.19. The van der Waals surface area contributed by atoms with E-state index in [2.05, 4.69) is 5.32 Å². The normalized spacial score (nSPS) is 37.9.